The standard InChI is InChI=1S/C24H26Cl2N6O2S/c25-18-1-4-20(5-2-18)35(33,34)28-9-12-31-10-7-17(8-11-31)15-32-16-24(29-30-32)22-14-27-23-6-3-19(26)13-21(22)23/h1-6,13-14,16-17,27-28H,7-12,15H2. The van der Waals surface area contributed by atoms with Crippen molar-refractivity contribution in [2.45, 2.75) is 24.3 Å². The maximum absolute atomic E-state index is 12.4. The van der Waals surface area contributed by atoms with E-state index < -0.39 is 10.0 Å². The number of sulfonamides is 1. The van der Waals surface area contributed by atoms with Crippen LogP contribution in [0.15, 0.2) is 59.8 Å². The molecule has 0 radical (unpaired) electrons. The first-order valence-electron chi connectivity index (χ1n) is 11.5. The van der Waals surface area contributed by atoms with Gasteiger partial charge in [0.15, 0.2) is 0 Å². The van der Waals surface area contributed by atoms with Crippen LogP contribution in [0, 0.1) is 5.92 Å². The Morgan fingerprint density at radius 3 is 2.57 bits per heavy atom. The van der Waals surface area contributed by atoms with Gasteiger partial charge in [-0.05, 0) is 74.3 Å². The monoisotopic (exact) mass is 532 g/mol. The summed E-state index contributed by atoms with van der Waals surface area (Å²) in [6.07, 6.45) is 5.99. The smallest absolute Gasteiger partial charge is 0.240 e. The molecule has 0 atom stereocenters. The molecule has 3 heterocycles. The first-order valence-corrected chi connectivity index (χ1v) is 13.8. The minimum Gasteiger partial charge on any atom is -0.360 e. The van der Waals surface area contributed by atoms with Gasteiger partial charge in [0.05, 0.1) is 11.1 Å². The summed E-state index contributed by atoms with van der Waals surface area (Å²) in [4.78, 5) is 5.78. The van der Waals surface area contributed by atoms with Crippen molar-refractivity contribution in [3.8, 4) is 11.3 Å². The van der Waals surface area contributed by atoms with Crippen LogP contribution in [0.4, 0.5) is 0 Å². The highest BCUT2D eigenvalue weighted by Gasteiger charge is 2.21. The third-order valence-corrected chi connectivity index (χ3v) is 8.42. The molecule has 0 unspecified atom stereocenters. The molecule has 0 amide bonds. The van der Waals surface area contributed by atoms with E-state index in [0.717, 1.165) is 54.6 Å². The van der Waals surface area contributed by atoms with Gasteiger partial charge < -0.3 is 9.88 Å². The van der Waals surface area contributed by atoms with E-state index >= 15 is 0 Å². The Kier molecular flexibility index (Phi) is 7.13. The predicted molar refractivity (Wildman–Crippen MR) is 138 cm³/mol. The zero-order valence-corrected chi connectivity index (χ0v) is 21.3. The number of aromatic amines is 1. The van der Waals surface area contributed by atoms with Crippen LogP contribution in [0.5, 0.6) is 0 Å². The van der Waals surface area contributed by atoms with Crippen LogP contribution in [0.3, 0.4) is 0 Å². The lowest BCUT2D eigenvalue weighted by Gasteiger charge is -2.31. The van der Waals surface area contributed by atoms with Crippen molar-refractivity contribution in [1.82, 2.24) is 29.6 Å². The number of fused-ring (bicyclic) bond motifs is 1. The van der Waals surface area contributed by atoms with Crippen molar-refractivity contribution < 1.29 is 8.42 Å². The van der Waals surface area contributed by atoms with Crippen molar-refractivity contribution in [2.75, 3.05) is 26.2 Å². The first kappa shape index (κ1) is 24.3. The Bertz CT molecular complexity index is 1410. The van der Waals surface area contributed by atoms with Gasteiger partial charge in [-0.1, -0.05) is 28.4 Å². The van der Waals surface area contributed by atoms with E-state index in [0.29, 0.717) is 29.1 Å². The van der Waals surface area contributed by atoms with E-state index in [1.54, 1.807) is 12.1 Å². The van der Waals surface area contributed by atoms with Crippen LogP contribution in [-0.4, -0.2) is 59.5 Å². The van der Waals surface area contributed by atoms with E-state index in [9.17, 15) is 8.42 Å². The maximum atomic E-state index is 12.4. The number of nitrogens with one attached hydrogen (secondary N) is 2. The fourth-order valence-electron chi connectivity index (χ4n) is 4.51. The molecular formula is C24H26Cl2N6O2S. The van der Waals surface area contributed by atoms with Gasteiger partial charge in [0.1, 0.15) is 5.69 Å². The Morgan fingerprint density at radius 1 is 1.06 bits per heavy atom. The Labute approximate surface area is 214 Å². The summed E-state index contributed by atoms with van der Waals surface area (Å²) < 4.78 is 29.4. The molecule has 0 aliphatic carbocycles. The van der Waals surface area contributed by atoms with Gasteiger partial charge in [-0.3, -0.25) is 4.68 Å². The minimum atomic E-state index is -3.53. The van der Waals surface area contributed by atoms with Gasteiger partial charge in [-0.2, -0.15) is 0 Å². The number of hydrogen-bond acceptors (Lipinski definition) is 5. The Hall–Kier alpha value is -2.43. The van der Waals surface area contributed by atoms with Gasteiger partial charge in [0.2, 0.25) is 10.0 Å². The second-order valence-electron chi connectivity index (χ2n) is 8.85. The van der Waals surface area contributed by atoms with Crippen molar-refractivity contribution in [3.05, 3.63) is 64.9 Å². The summed E-state index contributed by atoms with van der Waals surface area (Å²) in [6.45, 7) is 3.71. The number of nitrogens with zero attached hydrogens (tertiary/aromatic N) is 4. The third-order valence-electron chi connectivity index (χ3n) is 6.45. The number of benzene rings is 2. The van der Waals surface area contributed by atoms with Crippen LogP contribution in [0.25, 0.3) is 22.2 Å². The number of aromatic nitrogens is 4. The predicted octanol–water partition coefficient (Wildman–Crippen LogP) is 4.42. The summed E-state index contributed by atoms with van der Waals surface area (Å²) in [6, 6.07) is 11.9. The minimum absolute atomic E-state index is 0.226. The summed E-state index contributed by atoms with van der Waals surface area (Å²) in [5.74, 6) is 0.504. The average molecular weight is 533 g/mol. The summed E-state index contributed by atoms with van der Waals surface area (Å²) in [5.41, 5.74) is 2.83. The lowest BCUT2D eigenvalue weighted by molar-refractivity contribution is 0.173. The zero-order chi connectivity index (χ0) is 24.4. The molecule has 8 nitrogen and oxygen atoms in total. The molecule has 2 N–H and O–H groups in total. The number of H-pyrrole nitrogens is 1. The lowest BCUT2D eigenvalue weighted by atomic mass is 9.97. The van der Waals surface area contributed by atoms with Crippen LogP contribution in [0.1, 0.15) is 12.8 Å². The van der Waals surface area contributed by atoms with Crippen molar-refractivity contribution in [1.29, 1.82) is 0 Å². The first-order chi connectivity index (χ1) is 16.9. The Morgan fingerprint density at radius 2 is 1.80 bits per heavy atom. The van der Waals surface area contributed by atoms with Crippen LogP contribution < -0.4 is 4.72 Å². The largest absolute Gasteiger partial charge is 0.360 e. The fourth-order valence-corrected chi connectivity index (χ4v) is 5.83. The molecule has 2 aromatic heterocycles. The summed E-state index contributed by atoms with van der Waals surface area (Å²) in [7, 11) is -3.53. The molecule has 35 heavy (non-hydrogen) atoms. The van der Waals surface area contributed by atoms with E-state index in [4.69, 9.17) is 23.2 Å². The molecule has 1 aliphatic heterocycles. The quantitative estimate of drug-likeness (QED) is 0.350. The number of halogens is 2. The second kappa shape index (κ2) is 10.3. The highest BCUT2D eigenvalue weighted by atomic mass is 35.5. The molecule has 11 heteroatoms. The molecule has 0 bridgehead atoms. The number of rotatable bonds is 8. The van der Waals surface area contributed by atoms with Gasteiger partial charge in [0, 0.05) is 52.3 Å². The normalized spacial score (nSPS) is 15.7. The summed E-state index contributed by atoms with van der Waals surface area (Å²) >= 11 is 12.0. The van der Waals surface area contributed by atoms with E-state index in [1.165, 1.54) is 12.1 Å². The van der Waals surface area contributed by atoms with Crippen molar-refractivity contribution in [2.24, 2.45) is 5.92 Å². The molecule has 0 spiro atoms. The second-order valence-corrected chi connectivity index (χ2v) is 11.5. The third kappa shape index (κ3) is 5.70. The maximum Gasteiger partial charge on any atom is 0.240 e. The summed E-state index contributed by atoms with van der Waals surface area (Å²) in [5, 5.41) is 11.0. The van der Waals surface area contributed by atoms with E-state index in [1.807, 2.05) is 35.3 Å². The van der Waals surface area contributed by atoms with Gasteiger partial charge in [-0.25, -0.2) is 13.1 Å². The molecule has 2 aromatic carbocycles. The molecule has 1 fully saturated rings. The van der Waals surface area contributed by atoms with E-state index in [2.05, 4.69) is 24.9 Å². The SMILES string of the molecule is O=S(=O)(NCCN1CCC(Cn2cc(-c3c[nH]c4ccc(Cl)cc34)nn2)CC1)c1ccc(Cl)cc1. The zero-order valence-electron chi connectivity index (χ0n) is 19.0. The van der Waals surface area contributed by atoms with E-state index in [-0.39, 0.29) is 4.90 Å². The highest BCUT2D eigenvalue weighted by Crippen LogP contribution is 2.29. The van der Waals surface area contributed by atoms with Crippen LogP contribution in [0.2, 0.25) is 10.0 Å². The number of hydrogen-bond donors (Lipinski definition) is 2. The van der Waals surface area contributed by atoms with Crippen LogP contribution in [-0.2, 0) is 16.6 Å². The topological polar surface area (TPSA) is 95.9 Å². The van der Waals surface area contributed by atoms with Crippen LogP contribution >= 0.6 is 23.2 Å². The molecule has 1 saturated heterocycles. The molecule has 0 saturated carbocycles. The Balaban J connectivity index is 1.10. The van der Waals surface area contributed by atoms with Gasteiger partial charge in [-0.15, -0.1) is 5.10 Å². The molecule has 1 aliphatic rings. The van der Waals surface area contributed by atoms with Crippen molar-refractivity contribution >= 4 is 44.1 Å². The highest BCUT2D eigenvalue weighted by molar-refractivity contribution is 7.89. The lowest BCUT2D eigenvalue weighted by Crippen LogP contribution is -2.40. The molecular weight excluding hydrogens is 507 g/mol. The molecule has 5 rings (SSSR count). The van der Waals surface area contributed by atoms with Crippen molar-refractivity contribution in [3.63, 3.8) is 0 Å². The number of piperidine rings is 1. The number of likely N-dealkylation sites (tertiary alicyclic amines) is 1. The molecule has 184 valence electrons. The van der Waals surface area contributed by atoms with Gasteiger partial charge in [0.25, 0.3) is 0 Å². The average Bonchev–Trinajstić information content (AvgIpc) is 3.47. The van der Waals surface area contributed by atoms with Gasteiger partial charge >= 0.3 is 0 Å². The molecule has 4 aromatic rings. The fraction of sp³-hybridized carbons (Fsp3) is 0.333.